The van der Waals surface area contributed by atoms with Crippen LogP contribution in [0.2, 0.25) is 0 Å². The molecule has 4 atom stereocenters. The van der Waals surface area contributed by atoms with Crippen LogP contribution in [0.4, 0.5) is 17.6 Å². The van der Waals surface area contributed by atoms with Gasteiger partial charge in [-0.25, -0.2) is 17.6 Å². The maximum atomic E-state index is 15.7. The number of benzene rings is 2. The van der Waals surface area contributed by atoms with Crippen molar-refractivity contribution in [2.45, 2.75) is 51.2 Å². The first-order valence-electron chi connectivity index (χ1n) is 11.8. The van der Waals surface area contributed by atoms with E-state index < -0.39 is 23.3 Å². The predicted molar refractivity (Wildman–Crippen MR) is 120 cm³/mol. The van der Waals surface area contributed by atoms with Crippen molar-refractivity contribution >= 4 is 0 Å². The van der Waals surface area contributed by atoms with Crippen molar-refractivity contribution in [3.05, 3.63) is 71.3 Å². The molecule has 176 valence electrons. The number of nitrogens with one attached hydrogen (secondary N) is 1. The minimum absolute atomic E-state index is 0.0112. The molecule has 0 radical (unpaired) electrons. The van der Waals surface area contributed by atoms with Crippen LogP contribution in [0.15, 0.2) is 42.5 Å². The van der Waals surface area contributed by atoms with E-state index in [1.807, 2.05) is 0 Å². The highest BCUT2D eigenvalue weighted by Gasteiger charge is 2.60. The smallest absolute Gasteiger partial charge is 0.134 e. The second-order valence-electron chi connectivity index (χ2n) is 9.88. The Bertz CT molecular complexity index is 1060. The fourth-order valence-corrected chi connectivity index (χ4v) is 6.07. The summed E-state index contributed by atoms with van der Waals surface area (Å²) in [6.07, 6.45) is 4.53. The highest BCUT2D eigenvalue weighted by Crippen LogP contribution is 2.63. The van der Waals surface area contributed by atoms with Crippen molar-refractivity contribution in [2.75, 3.05) is 13.2 Å². The van der Waals surface area contributed by atoms with E-state index in [1.165, 1.54) is 6.07 Å². The molecule has 2 nitrogen and oxygen atoms in total. The van der Waals surface area contributed by atoms with Crippen molar-refractivity contribution in [2.24, 2.45) is 17.3 Å². The van der Waals surface area contributed by atoms with Gasteiger partial charge in [-0.1, -0.05) is 13.5 Å². The van der Waals surface area contributed by atoms with Gasteiger partial charge in [0.1, 0.15) is 23.3 Å². The Morgan fingerprint density at radius 2 is 1.73 bits per heavy atom. The van der Waals surface area contributed by atoms with Crippen LogP contribution in [0.3, 0.4) is 0 Å². The van der Waals surface area contributed by atoms with Gasteiger partial charge in [0.15, 0.2) is 0 Å². The first-order valence-corrected chi connectivity index (χ1v) is 11.8. The highest BCUT2D eigenvalue weighted by atomic mass is 19.1. The number of ether oxygens (including phenoxy) is 1. The van der Waals surface area contributed by atoms with Crippen LogP contribution in [-0.4, -0.2) is 25.3 Å². The van der Waals surface area contributed by atoms with Crippen LogP contribution >= 0.6 is 0 Å². The van der Waals surface area contributed by atoms with Crippen molar-refractivity contribution < 1.29 is 22.3 Å². The Kier molecular flexibility index (Phi) is 5.86. The fourth-order valence-electron chi connectivity index (χ4n) is 6.07. The highest BCUT2D eigenvalue weighted by molar-refractivity contribution is 5.65. The third-order valence-electron chi connectivity index (χ3n) is 7.88. The minimum Gasteiger partial charge on any atom is -0.374 e. The van der Waals surface area contributed by atoms with Gasteiger partial charge in [0.25, 0.3) is 0 Å². The fraction of sp³-hybridized carbons (Fsp3) is 0.481. The van der Waals surface area contributed by atoms with E-state index >= 15 is 4.39 Å². The van der Waals surface area contributed by atoms with Crippen LogP contribution < -0.4 is 5.32 Å². The van der Waals surface area contributed by atoms with Gasteiger partial charge in [0.05, 0.1) is 12.7 Å². The maximum absolute atomic E-state index is 15.7. The van der Waals surface area contributed by atoms with E-state index in [0.717, 1.165) is 68.7 Å². The lowest BCUT2D eigenvalue weighted by Crippen LogP contribution is -2.41. The molecular formula is C27H29F4NO. The lowest BCUT2D eigenvalue weighted by Gasteiger charge is -2.35. The second kappa shape index (κ2) is 8.55. The van der Waals surface area contributed by atoms with Crippen molar-refractivity contribution in [3.8, 4) is 11.1 Å². The first-order chi connectivity index (χ1) is 15.8. The minimum atomic E-state index is -0.828. The van der Waals surface area contributed by atoms with Gasteiger partial charge in [0.2, 0.25) is 0 Å². The topological polar surface area (TPSA) is 21.3 Å². The third-order valence-corrected chi connectivity index (χ3v) is 7.88. The normalized spacial score (nSPS) is 27.5. The molecule has 1 spiro atoms. The van der Waals surface area contributed by atoms with Crippen molar-refractivity contribution in [1.82, 2.24) is 5.32 Å². The molecule has 6 heteroatoms. The van der Waals surface area contributed by atoms with Crippen LogP contribution in [0.25, 0.3) is 11.1 Å². The second-order valence-corrected chi connectivity index (χ2v) is 9.88. The average molecular weight is 460 g/mol. The summed E-state index contributed by atoms with van der Waals surface area (Å²) in [5.74, 6) is -2.71. The molecule has 0 aromatic heterocycles. The standard InChI is InChI=1S/C27H29F4NO/c1-3-32-26-22(23(14-27(26)5-6-27)15(2)24-4-7-33-24)11-17-10-20(30)13-21(25(17)31)16-8-18(28)12-19(29)9-16/h8-10,12-13,22-24,26,32H,2-7,11,14H2,1H3/t22-,23?,24-,26-/m1/s1. The largest absolute Gasteiger partial charge is 0.374 e. The SMILES string of the molecule is C=C(C1CC2(CC2)[C@H](NCC)[C@@H]1Cc1cc(F)cc(-c2cc(F)cc(F)c2)c1F)[C@H]1CCO1. The lowest BCUT2D eigenvalue weighted by molar-refractivity contribution is -0.0329. The molecule has 2 aliphatic carbocycles. The van der Waals surface area contributed by atoms with Crippen molar-refractivity contribution in [1.29, 1.82) is 0 Å². The van der Waals surface area contributed by atoms with Crippen molar-refractivity contribution in [3.63, 3.8) is 0 Å². The van der Waals surface area contributed by atoms with Gasteiger partial charge in [-0.2, -0.15) is 0 Å². The molecule has 3 aliphatic rings. The molecule has 0 bridgehead atoms. The third kappa shape index (κ3) is 4.12. The Balaban J connectivity index is 1.51. The summed E-state index contributed by atoms with van der Waals surface area (Å²) in [4.78, 5) is 0. The van der Waals surface area contributed by atoms with Crippen LogP contribution in [-0.2, 0) is 11.2 Å². The Morgan fingerprint density at radius 3 is 2.30 bits per heavy atom. The molecule has 1 saturated heterocycles. The average Bonchev–Trinajstić information content (AvgIpc) is 3.43. The zero-order valence-electron chi connectivity index (χ0n) is 18.8. The Morgan fingerprint density at radius 1 is 1.06 bits per heavy atom. The number of rotatable bonds is 7. The molecule has 1 aliphatic heterocycles. The molecule has 3 fully saturated rings. The molecule has 1 unspecified atom stereocenters. The van der Waals surface area contributed by atoms with Gasteiger partial charge in [0, 0.05) is 24.1 Å². The molecule has 33 heavy (non-hydrogen) atoms. The monoisotopic (exact) mass is 459 g/mol. The van der Waals surface area contributed by atoms with E-state index in [0.29, 0.717) is 6.42 Å². The molecule has 0 amide bonds. The summed E-state index contributed by atoms with van der Waals surface area (Å²) in [5, 5.41) is 3.63. The van der Waals surface area contributed by atoms with Crippen LogP contribution in [0.5, 0.6) is 0 Å². The molecule has 5 rings (SSSR count). The van der Waals surface area contributed by atoms with Gasteiger partial charge in [-0.3, -0.25) is 0 Å². The zero-order valence-corrected chi connectivity index (χ0v) is 18.8. The molecule has 2 aromatic carbocycles. The summed E-state index contributed by atoms with van der Waals surface area (Å²) >= 11 is 0. The van der Waals surface area contributed by atoms with Gasteiger partial charge in [-0.15, -0.1) is 0 Å². The zero-order chi connectivity index (χ0) is 23.3. The summed E-state index contributed by atoms with van der Waals surface area (Å²) < 4.78 is 63.5. The van der Waals surface area contributed by atoms with Gasteiger partial charge >= 0.3 is 0 Å². The Hall–Kier alpha value is -2.18. The van der Waals surface area contributed by atoms with E-state index in [9.17, 15) is 13.2 Å². The molecule has 2 aromatic rings. The quantitative estimate of drug-likeness (QED) is 0.394. The van der Waals surface area contributed by atoms with Crippen LogP contribution in [0.1, 0.15) is 38.2 Å². The number of hydrogen-bond donors (Lipinski definition) is 1. The number of halogens is 4. The van der Waals surface area contributed by atoms with Gasteiger partial charge in [-0.05, 0) is 90.4 Å². The predicted octanol–water partition coefficient (Wildman–Crippen LogP) is 6.19. The van der Waals surface area contributed by atoms with Crippen LogP contribution in [0, 0.1) is 40.5 Å². The van der Waals surface area contributed by atoms with Gasteiger partial charge < -0.3 is 10.1 Å². The molecule has 1 N–H and O–H groups in total. The van der Waals surface area contributed by atoms with E-state index in [2.05, 4.69) is 18.8 Å². The summed E-state index contributed by atoms with van der Waals surface area (Å²) in [5.41, 5.74) is 1.33. The molecular weight excluding hydrogens is 430 g/mol. The Labute approximate surface area is 192 Å². The summed E-state index contributed by atoms with van der Waals surface area (Å²) in [6, 6.07) is 5.18. The molecule has 1 heterocycles. The summed E-state index contributed by atoms with van der Waals surface area (Å²) in [7, 11) is 0. The van der Waals surface area contributed by atoms with E-state index in [-0.39, 0.29) is 46.1 Å². The van der Waals surface area contributed by atoms with E-state index in [1.54, 1.807) is 0 Å². The lowest BCUT2D eigenvalue weighted by atomic mass is 9.79. The van der Waals surface area contributed by atoms with E-state index in [4.69, 9.17) is 4.74 Å². The molecule has 2 saturated carbocycles. The first kappa shape index (κ1) is 22.6. The number of hydrogen-bond acceptors (Lipinski definition) is 2. The maximum Gasteiger partial charge on any atom is 0.134 e. The summed E-state index contributed by atoms with van der Waals surface area (Å²) in [6.45, 7) is 7.94.